The van der Waals surface area contributed by atoms with Gasteiger partial charge >= 0.3 is 0 Å². The molecule has 6 heteroatoms. The number of aryl methyl sites for hydroxylation is 1. The van der Waals surface area contributed by atoms with Crippen molar-refractivity contribution in [3.8, 4) is 0 Å². The van der Waals surface area contributed by atoms with Gasteiger partial charge in [-0.2, -0.15) is 5.10 Å². The zero-order chi connectivity index (χ0) is 13.8. The summed E-state index contributed by atoms with van der Waals surface area (Å²) in [5.74, 6) is -1.22. The van der Waals surface area contributed by atoms with Gasteiger partial charge in [-0.3, -0.25) is 4.68 Å². The van der Waals surface area contributed by atoms with Gasteiger partial charge in [0.1, 0.15) is 11.6 Å². The molecule has 19 heavy (non-hydrogen) atoms. The SMILES string of the molecule is CCCn1cc(CNc2cc(Br)c(F)cc2F)cn1. The van der Waals surface area contributed by atoms with Crippen LogP contribution in [0.15, 0.2) is 29.0 Å². The first-order valence-electron chi connectivity index (χ1n) is 6.00. The first-order chi connectivity index (χ1) is 9.10. The summed E-state index contributed by atoms with van der Waals surface area (Å²) >= 11 is 3.03. The van der Waals surface area contributed by atoms with E-state index in [9.17, 15) is 8.78 Å². The Bertz CT molecular complexity index is 569. The lowest BCUT2D eigenvalue weighted by Crippen LogP contribution is -2.02. The average molecular weight is 330 g/mol. The van der Waals surface area contributed by atoms with E-state index in [1.54, 1.807) is 6.20 Å². The predicted octanol–water partition coefficient (Wildman–Crippen LogP) is 3.95. The van der Waals surface area contributed by atoms with Crippen molar-refractivity contribution < 1.29 is 8.78 Å². The van der Waals surface area contributed by atoms with E-state index in [4.69, 9.17) is 0 Å². The Kier molecular flexibility index (Phi) is 4.52. The van der Waals surface area contributed by atoms with Gasteiger partial charge in [0, 0.05) is 30.9 Å². The van der Waals surface area contributed by atoms with Crippen LogP contribution in [0.5, 0.6) is 0 Å². The molecule has 0 spiro atoms. The summed E-state index contributed by atoms with van der Waals surface area (Å²) in [6, 6.07) is 2.24. The molecule has 3 nitrogen and oxygen atoms in total. The molecule has 0 saturated heterocycles. The summed E-state index contributed by atoms with van der Waals surface area (Å²) in [7, 11) is 0. The van der Waals surface area contributed by atoms with E-state index >= 15 is 0 Å². The van der Waals surface area contributed by atoms with Crippen LogP contribution in [0.4, 0.5) is 14.5 Å². The predicted molar refractivity (Wildman–Crippen MR) is 73.9 cm³/mol. The molecule has 2 rings (SSSR count). The number of hydrogen-bond acceptors (Lipinski definition) is 2. The number of anilines is 1. The van der Waals surface area contributed by atoms with Crippen LogP contribution in [0.1, 0.15) is 18.9 Å². The minimum Gasteiger partial charge on any atom is -0.378 e. The highest BCUT2D eigenvalue weighted by Crippen LogP contribution is 2.24. The highest BCUT2D eigenvalue weighted by atomic mass is 79.9. The van der Waals surface area contributed by atoms with E-state index in [0.29, 0.717) is 6.54 Å². The van der Waals surface area contributed by atoms with Crippen LogP contribution in [-0.4, -0.2) is 9.78 Å². The van der Waals surface area contributed by atoms with Gasteiger partial charge in [0.2, 0.25) is 0 Å². The molecular formula is C13H14BrF2N3. The molecule has 1 aromatic carbocycles. The van der Waals surface area contributed by atoms with Crippen molar-refractivity contribution in [3.63, 3.8) is 0 Å². The van der Waals surface area contributed by atoms with Crippen LogP contribution in [0, 0.1) is 11.6 Å². The number of aromatic nitrogens is 2. The molecule has 0 aliphatic carbocycles. The molecule has 0 bridgehead atoms. The summed E-state index contributed by atoms with van der Waals surface area (Å²) in [6.45, 7) is 3.38. The van der Waals surface area contributed by atoms with E-state index in [1.807, 2.05) is 10.9 Å². The summed E-state index contributed by atoms with van der Waals surface area (Å²) in [4.78, 5) is 0. The van der Waals surface area contributed by atoms with Crippen LogP contribution < -0.4 is 5.32 Å². The molecule has 0 fully saturated rings. The van der Waals surface area contributed by atoms with E-state index in [2.05, 4.69) is 33.3 Å². The Morgan fingerprint density at radius 1 is 1.32 bits per heavy atom. The lowest BCUT2D eigenvalue weighted by Gasteiger charge is -2.07. The van der Waals surface area contributed by atoms with Crippen LogP contribution in [-0.2, 0) is 13.1 Å². The quantitative estimate of drug-likeness (QED) is 0.842. The molecule has 0 saturated carbocycles. The van der Waals surface area contributed by atoms with Crippen LogP contribution >= 0.6 is 15.9 Å². The van der Waals surface area contributed by atoms with Crippen LogP contribution in [0.2, 0.25) is 0 Å². The standard InChI is InChI=1S/C13H14BrF2N3/c1-2-3-19-8-9(7-18-19)6-17-13-4-10(14)11(15)5-12(13)16/h4-5,7-8,17H,2-3,6H2,1H3. The third-order valence-electron chi connectivity index (χ3n) is 2.63. The smallest absolute Gasteiger partial charge is 0.149 e. The molecule has 1 N–H and O–H groups in total. The van der Waals surface area contributed by atoms with Crippen LogP contribution in [0.3, 0.4) is 0 Å². The number of rotatable bonds is 5. The summed E-state index contributed by atoms with van der Waals surface area (Å²) in [6.07, 6.45) is 4.65. The first-order valence-corrected chi connectivity index (χ1v) is 6.79. The maximum atomic E-state index is 13.5. The van der Waals surface area contributed by atoms with Crippen molar-refractivity contribution in [2.75, 3.05) is 5.32 Å². The van der Waals surface area contributed by atoms with E-state index in [0.717, 1.165) is 24.6 Å². The number of hydrogen-bond donors (Lipinski definition) is 1. The monoisotopic (exact) mass is 329 g/mol. The lowest BCUT2D eigenvalue weighted by molar-refractivity contribution is 0.580. The van der Waals surface area contributed by atoms with Gasteiger partial charge in [-0.05, 0) is 28.4 Å². The minimum absolute atomic E-state index is 0.234. The zero-order valence-electron chi connectivity index (χ0n) is 10.5. The Labute approximate surface area is 118 Å². The van der Waals surface area contributed by atoms with Crippen molar-refractivity contribution in [2.45, 2.75) is 26.4 Å². The fraction of sp³-hybridized carbons (Fsp3) is 0.308. The van der Waals surface area contributed by atoms with Gasteiger partial charge in [-0.25, -0.2) is 8.78 Å². The molecule has 102 valence electrons. The molecular weight excluding hydrogens is 316 g/mol. The maximum absolute atomic E-state index is 13.5. The van der Waals surface area contributed by atoms with Gasteiger partial charge in [0.15, 0.2) is 0 Å². The van der Waals surface area contributed by atoms with E-state index in [1.165, 1.54) is 6.07 Å². The minimum atomic E-state index is -0.612. The third kappa shape index (κ3) is 3.53. The van der Waals surface area contributed by atoms with Crippen molar-refractivity contribution in [1.29, 1.82) is 0 Å². The normalized spacial score (nSPS) is 10.7. The van der Waals surface area contributed by atoms with Gasteiger partial charge in [-0.15, -0.1) is 0 Å². The number of halogens is 3. The highest BCUT2D eigenvalue weighted by molar-refractivity contribution is 9.10. The van der Waals surface area contributed by atoms with E-state index in [-0.39, 0.29) is 10.2 Å². The van der Waals surface area contributed by atoms with Crippen molar-refractivity contribution in [2.24, 2.45) is 0 Å². The van der Waals surface area contributed by atoms with Crippen molar-refractivity contribution >= 4 is 21.6 Å². The molecule has 0 radical (unpaired) electrons. The molecule has 1 heterocycles. The maximum Gasteiger partial charge on any atom is 0.149 e. The van der Waals surface area contributed by atoms with Crippen LogP contribution in [0.25, 0.3) is 0 Å². The van der Waals surface area contributed by atoms with Crippen molar-refractivity contribution in [1.82, 2.24) is 9.78 Å². The molecule has 1 aromatic heterocycles. The van der Waals surface area contributed by atoms with Gasteiger partial charge in [0.25, 0.3) is 0 Å². The molecule has 0 amide bonds. The summed E-state index contributed by atoms with van der Waals surface area (Å²) < 4.78 is 28.7. The van der Waals surface area contributed by atoms with Crippen molar-refractivity contribution in [3.05, 3.63) is 46.2 Å². The Morgan fingerprint density at radius 3 is 2.84 bits per heavy atom. The number of nitrogens with zero attached hydrogens (tertiary/aromatic N) is 2. The van der Waals surface area contributed by atoms with Gasteiger partial charge in [-0.1, -0.05) is 6.92 Å². The second-order valence-electron chi connectivity index (χ2n) is 4.21. The Morgan fingerprint density at radius 2 is 2.11 bits per heavy atom. The largest absolute Gasteiger partial charge is 0.378 e. The van der Waals surface area contributed by atoms with E-state index < -0.39 is 11.6 Å². The number of nitrogens with one attached hydrogen (secondary N) is 1. The molecule has 0 aliphatic heterocycles. The second kappa shape index (κ2) is 6.14. The fourth-order valence-corrected chi connectivity index (χ4v) is 2.05. The third-order valence-corrected chi connectivity index (χ3v) is 3.24. The Balaban J connectivity index is 2.03. The number of benzene rings is 1. The summed E-state index contributed by atoms with van der Waals surface area (Å²) in [5.41, 5.74) is 1.21. The molecule has 2 aromatic rings. The fourth-order valence-electron chi connectivity index (χ4n) is 1.70. The lowest BCUT2D eigenvalue weighted by atomic mass is 10.2. The second-order valence-corrected chi connectivity index (χ2v) is 5.07. The summed E-state index contributed by atoms with van der Waals surface area (Å²) in [5, 5.41) is 7.11. The van der Waals surface area contributed by atoms with Gasteiger partial charge < -0.3 is 5.32 Å². The zero-order valence-corrected chi connectivity index (χ0v) is 12.0. The molecule has 0 aliphatic rings. The topological polar surface area (TPSA) is 29.9 Å². The average Bonchev–Trinajstić information content (AvgIpc) is 2.80. The molecule has 0 atom stereocenters. The first kappa shape index (κ1) is 14.0. The van der Waals surface area contributed by atoms with Gasteiger partial charge in [0.05, 0.1) is 16.4 Å². The molecule has 0 unspecified atom stereocenters. The highest BCUT2D eigenvalue weighted by Gasteiger charge is 2.08. The Hall–Kier alpha value is -1.43.